The Bertz CT molecular complexity index is 804. The number of rotatable bonds is 5. The van der Waals surface area contributed by atoms with Gasteiger partial charge in [0.05, 0.1) is 11.8 Å². The van der Waals surface area contributed by atoms with Crippen molar-refractivity contribution in [1.29, 1.82) is 0 Å². The van der Waals surface area contributed by atoms with Crippen molar-refractivity contribution in [2.24, 2.45) is 0 Å². The minimum atomic E-state index is -4.73. The minimum absolute atomic E-state index is 0.294. The third-order valence-electron chi connectivity index (χ3n) is 3.78. The molecule has 138 valence electrons. The van der Waals surface area contributed by atoms with Gasteiger partial charge < -0.3 is 14.6 Å². The fourth-order valence-electron chi connectivity index (χ4n) is 2.54. The van der Waals surface area contributed by atoms with Crippen LogP contribution in [0.3, 0.4) is 0 Å². The van der Waals surface area contributed by atoms with E-state index in [1.54, 1.807) is 24.0 Å². The third-order valence-corrected chi connectivity index (χ3v) is 3.78. The van der Waals surface area contributed by atoms with Crippen molar-refractivity contribution in [1.82, 2.24) is 4.98 Å². The number of ether oxygens (including phenoxy) is 2. The molecule has 0 spiro atoms. The highest BCUT2D eigenvalue weighted by Crippen LogP contribution is 2.38. The van der Waals surface area contributed by atoms with Gasteiger partial charge in [0, 0.05) is 12.1 Å². The highest BCUT2D eigenvalue weighted by molar-refractivity contribution is 5.69. The molecule has 0 aliphatic carbocycles. The molecule has 1 aromatic carbocycles. The minimum Gasteiger partial charge on any atom is -0.438 e. The molecule has 0 saturated carbocycles. The van der Waals surface area contributed by atoms with Gasteiger partial charge in [-0.3, -0.25) is 4.90 Å². The summed E-state index contributed by atoms with van der Waals surface area (Å²) in [4.78, 5) is 6.29. The van der Waals surface area contributed by atoms with Gasteiger partial charge in [-0.2, -0.15) is 0 Å². The van der Waals surface area contributed by atoms with Gasteiger partial charge in [-0.15, -0.1) is 13.2 Å². The molecule has 1 atom stereocenters. The van der Waals surface area contributed by atoms with Gasteiger partial charge in [-0.1, -0.05) is 0 Å². The maximum atomic E-state index is 12.2. The van der Waals surface area contributed by atoms with Gasteiger partial charge in [0.25, 0.3) is 0 Å². The molecule has 1 N–H and O–H groups in total. The Morgan fingerprint density at radius 3 is 2.54 bits per heavy atom. The highest BCUT2D eigenvalue weighted by atomic mass is 19.4. The normalized spacial score (nSPS) is 14.8. The Labute approximate surface area is 148 Å². The first kappa shape index (κ1) is 18.1. The number of pyridine rings is 1. The second kappa shape index (κ2) is 6.87. The zero-order valence-corrected chi connectivity index (χ0v) is 14.0. The zero-order chi connectivity index (χ0) is 18.9. The first-order valence-electron chi connectivity index (χ1n) is 7.92. The smallest absolute Gasteiger partial charge is 0.438 e. The molecule has 0 unspecified atom stereocenters. The molecule has 1 aliphatic heterocycles. The van der Waals surface area contributed by atoms with Crippen molar-refractivity contribution >= 4 is 5.82 Å². The monoisotopic (exact) mass is 366 g/mol. The van der Waals surface area contributed by atoms with Gasteiger partial charge in [0.2, 0.25) is 0 Å². The molecule has 5 nitrogen and oxygen atoms in total. The zero-order valence-electron chi connectivity index (χ0n) is 14.0. The topological polar surface area (TPSA) is 54.8 Å². The molecular formula is C18H17F3N2O3. The summed E-state index contributed by atoms with van der Waals surface area (Å²) in [6.07, 6.45) is -4.69. The molecular weight excluding hydrogens is 349 g/mol. The van der Waals surface area contributed by atoms with E-state index in [-0.39, 0.29) is 5.75 Å². The van der Waals surface area contributed by atoms with E-state index in [2.05, 4.69) is 16.3 Å². The number of hydrogen-bond acceptors (Lipinski definition) is 5. The van der Waals surface area contributed by atoms with Gasteiger partial charge in [0.15, 0.2) is 17.5 Å². The van der Waals surface area contributed by atoms with E-state index in [4.69, 9.17) is 4.74 Å². The standard InChI is InChI=1S/C18H17F3N2O3/c1-11(24)9-10-23-12(2)25-16-8-7-15(22-17(16)23)13-3-5-14(6-4-13)26-18(19,20)21/h3-8,11,24H,2,9-10H2,1H3/t11-/m0/s1. The summed E-state index contributed by atoms with van der Waals surface area (Å²) in [6.45, 7) is 6.01. The van der Waals surface area contributed by atoms with Gasteiger partial charge in [-0.25, -0.2) is 4.98 Å². The van der Waals surface area contributed by atoms with Crippen LogP contribution >= 0.6 is 0 Å². The van der Waals surface area contributed by atoms with E-state index >= 15 is 0 Å². The largest absolute Gasteiger partial charge is 0.573 e. The molecule has 8 heteroatoms. The summed E-state index contributed by atoms with van der Waals surface area (Å²) in [5, 5.41) is 9.48. The second-order valence-electron chi connectivity index (χ2n) is 5.88. The van der Waals surface area contributed by atoms with Crippen LogP contribution in [-0.2, 0) is 0 Å². The Hall–Kier alpha value is -2.74. The van der Waals surface area contributed by atoms with E-state index in [9.17, 15) is 18.3 Å². The Balaban J connectivity index is 1.83. The van der Waals surface area contributed by atoms with Crippen LogP contribution in [0.4, 0.5) is 19.0 Å². The fourth-order valence-corrected chi connectivity index (χ4v) is 2.54. The molecule has 0 amide bonds. The highest BCUT2D eigenvalue weighted by Gasteiger charge is 2.31. The van der Waals surface area contributed by atoms with Crippen LogP contribution < -0.4 is 14.4 Å². The number of fused-ring (bicyclic) bond motifs is 1. The summed E-state index contributed by atoms with van der Waals surface area (Å²) in [6, 6.07) is 8.91. The molecule has 0 fully saturated rings. The van der Waals surface area contributed by atoms with Gasteiger partial charge >= 0.3 is 6.36 Å². The van der Waals surface area contributed by atoms with Crippen molar-refractivity contribution in [3.8, 4) is 22.8 Å². The maximum Gasteiger partial charge on any atom is 0.573 e. The van der Waals surface area contributed by atoms with Gasteiger partial charge in [0.1, 0.15) is 5.75 Å². The molecule has 0 saturated heterocycles. The molecule has 3 rings (SSSR count). The predicted molar refractivity (Wildman–Crippen MR) is 89.8 cm³/mol. The molecule has 2 heterocycles. The summed E-state index contributed by atoms with van der Waals surface area (Å²) in [7, 11) is 0. The number of anilines is 1. The van der Waals surface area contributed by atoms with E-state index in [1.165, 1.54) is 24.3 Å². The Kier molecular flexibility index (Phi) is 4.78. The van der Waals surface area contributed by atoms with Crippen molar-refractivity contribution < 1.29 is 27.8 Å². The van der Waals surface area contributed by atoms with Crippen LogP contribution in [-0.4, -0.2) is 29.1 Å². The molecule has 0 bridgehead atoms. The molecule has 1 aliphatic rings. The summed E-state index contributed by atoms with van der Waals surface area (Å²) >= 11 is 0. The Morgan fingerprint density at radius 2 is 1.92 bits per heavy atom. The SMILES string of the molecule is C=C1Oc2ccc(-c3ccc(OC(F)(F)F)cc3)nc2N1CC[C@H](C)O. The lowest BCUT2D eigenvalue weighted by molar-refractivity contribution is -0.274. The van der Waals surface area contributed by atoms with Crippen molar-refractivity contribution in [3.63, 3.8) is 0 Å². The number of alkyl halides is 3. The number of halogens is 3. The average molecular weight is 366 g/mol. The molecule has 1 aromatic heterocycles. The van der Waals surface area contributed by atoms with Crippen LogP contribution in [0.15, 0.2) is 48.9 Å². The first-order chi connectivity index (χ1) is 12.2. The fraction of sp³-hybridized carbons (Fsp3) is 0.278. The van der Waals surface area contributed by atoms with Crippen molar-refractivity contribution in [2.45, 2.75) is 25.8 Å². The number of aliphatic hydroxyl groups is 1. The van der Waals surface area contributed by atoms with Gasteiger partial charge in [-0.05, 0) is 56.3 Å². The number of nitrogens with zero attached hydrogens (tertiary/aromatic N) is 2. The van der Waals surface area contributed by atoms with Crippen LogP contribution in [0.1, 0.15) is 13.3 Å². The number of hydrogen-bond donors (Lipinski definition) is 1. The summed E-state index contributed by atoms with van der Waals surface area (Å²) in [5.74, 6) is 1.22. The van der Waals surface area contributed by atoms with Crippen molar-refractivity contribution in [3.05, 3.63) is 48.9 Å². The quantitative estimate of drug-likeness (QED) is 0.864. The molecule has 2 aromatic rings. The van der Waals surface area contributed by atoms with Crippen LogP contribution in [0, 0.1) is 0 Å². The lowest BCUT2D eigenvalue weighted by Crippen LogP contribution is -2.24. The Morgan fingerprint density at radius 1 is 1.23 bits per heavy atom. The average Bonchev–Trinajstić information content (AvgIpc) is 2.86. The van der Waals surface area contributed by atoms with Crippen LogP contribution in [0.2, 0.25) is 0 Å². The second-order valence-corrected chi connectivity index (χ2v) is 5.88. The number of aliphatic hydroxyl groups excluding tert-OH is 1. The predicted octanol–water partition coefficient (Wildman–Crippen LogP) is 4.09. The molecule has 0 radical (unpaired) electrons. The first-order valence-corrected chi connectivity index (χ1v) is 7.92. The van der Waals surface area contributed by atoms with E-state index in [1.807, 2.05) is 0 Å². The number of benzene rings is 1. The lowest BCUT2D eigenvalue weighted by atomic mass is 10.1. The maximum absolute atomic E-state index is 12.2. The summed E-state index contributed by atoms with van der Waals surface area (Å²) in [5.41, 5.74) is 1.21. The van der Waals surface area contributed by atoms with Crippen molar-refractivity contribution in [2.75, 3.05) is 11.4 Å². The summed E-state index contributed by atoms with van der Waals surface area (Å²) < 4.78 is 46.2. The van der Waals surface area contributed by atoms with E-state index in [0.29, 0.717) is 41.7 Å². The third kappa shape index (κ3) is 4.08. The number of aromatic nitrogens is 1. The van der Waals surface area contributed by atoms with E-state index < -0.39 is 12.5 Å². The van der Waals surface area contributed by atoms with Crippen LogP contribution in [0.25, 0.3) is 11.3 Å². The van der Waals surface area contributed by atoms with E-state index in [0.717, 1.165) is 0 Å². The lowest BCUT2D eigenvalue weighted by Gasteiger charge is -2.17. The van der Waals surface area contributed by atoms with Crippen LogP contribution in [0.5, 0.6) is 11.5 Å². The molecule has 26 heavy (non-hydrogen) atoms.